The quantitative estimate of drug-likeness (QED) is 0.576. The first-order chi connectivity index (χ1) is 13.7. The number of amides is 1. The summed E-state index contributed by atoms with van der Waals surface area (Å²) in [6.07, 6.45) is 1.36. The van der Waals surface area contributed by atoms with E-state index in [1.807, 2.05) is 30.3 Å². The molecule has 0 bridgehead atoms. The van der Waals surface area contributed by atoms with Gasteiger partial charge in [-0.25, -0.2) is 4.98 Å². The normalized spacial score (nSPS) is 10.6. The molecule has 0 spiro atoms. The predicted molar refractivity (Wildman–Crippen MR) is 104 cm³/mol. The van der Waals surface area contributed by atoms with Crippen LogP contribution < -0.4 is 14.8 Å². The van der Waals surface area contributed by atoms with Crippen molar-refractivity contribution in [2.75, 3.05) is 19.5 Å². The van der Waals surface area contributed by atoms with Gasteiger partial charge in [-0.05, 0) is 18.2 Å². The Morgan fingerprint density at radius 1 is 1.04 bits per heavy atom. The third-order valence-electron chi connectivity index (χ3n) is 4.21. The molecule has 1 N–H and O–H groups in total. The number of fused-ring (bicyclic) bond motifs is 1. The van der Waals surface area contributed by atoms with Gasteiger partial charge in [-0.3, -0.25) is 4.79 Å². The minimum Gasteiger partial charge on any atom is -0.493 e. The summed E-state index contributed by atoms with van der Waals surface area (Å²) < 4.78 is 12.1. The fourth-order valence-corrected chi connectivity index (χ4v) is 2.90. The van der Waals surface area contributed by atoms with Crippen molar-refractivity contribution in [3.8, 4) is 22.8 Å². The van der Waals surface area contributed by atoms with Crippen molar-refractivity contribution >= 4 is 17.4 Å². The van der Waals surface area contributed by atoms with Gasteiger partial charge in [-0.1, -0.05) is 36.4 Å². The fourth-order valence-electron chi connectivity index (χ4n) is 2.90. The van der Waals surface area contributed by atoms with Gasteiger partial charge in [0.15, 0.2) is 11.5 Å². The van der Waals surface area contributed by atoms with E-state index in [2.05, 4.69) is 20.4 Å². The average molecular weight is 375 g/mol. The number of ether oxygens (including phenoxy) is 2. The van der Waals surface area contributed by atoms with Crippen LogP contribution in [0, 0.1) is 0 Å². The standard InChI is InChI=1S/C20H17N5O3/c1-27-17-10-6-9-14(18(17)28-2)23-19(26)16-11-15(13-7-4-3-5-8-13)24-20-21-12-22-25(16)20/h3-12H,1-2H3,(H,23,26). The van der Waals surface area contributed by atoms with Crippen LogP contribution in [0.15, 0.2) is 60.9 Å². The van der Waals surface area contributed by atoms with Crippen LogP contribution in [0.5, 0.6) is 11.5 Å². The van der Waals surface area contributed by atoms with Crippen LogP contribution >= 0.6 is 0 Å². The molecule has 0 fully saturated rings. The van der Waals surface area contributed by atoms with Crippen molar-refractivity contribution in [2.45, 2.75) is 0 Å². The Balaban J connectivity index is 1.77. The Morgan fingerprint density at radius 3 is 2.61 bits per heavy atom. The van der Waals surface area contributed by atoms with Crippen molar-refractivity contribution in [2.24, 2.45) is 0 Å². The van der Waals surface area contributed by atoms with Gasteiger partial charge >= 0.3 is 0 Å². The van der Waals surface area contributed by atoms with Gasteiger partial charge in [-0.2, -0.15) is 14.6 Å². The zero-order chi connectivity index (χ0) is 19.5. The lowest BCUT2D eigenvalue weighted by atomic mass is 10.1. The molecular weight excluding hydrogens is 358 g/mol. The molecule has 0 saturated carbocycles. The molecule has 8 heteroatoms. The zero-order valence-corrected chi connectivity index (χ0v) is 15.3. The number of hydrogen-bond donors (Lipinski definition) is 1. The maximum Gasteiger partial charge on any atom is 0.274 e. The van der Waals surface area contributed by atoms with E-state index < -0.39 is 0 Å². The molecule has 0 radical (unpaired) electrons. The van der Waals surface area contributed by atoms with Gasteiger partial charge in [0.2, 0.25) is 0 Å². The Labute approximate surface area is 160 Å². The Hall–Kier alpha value is -3.94. The second-order valence-corrected chi connectivity index (χ2v) is 5.86. The van der Waals surface area contributed by atoms with Crippen molar-refractivity contribution in [1.29, 1.82) is 0 Å². The molecule has 4 aromatic rings. The van der Waals surface area contributed by atoms with Crippen LogP contribution in [0.25, 0.3) is 17.0 Å². The van der Waals surface area contributed by atoms with E-state index in [1.165, 1.54) is 25.1 Å². The maximum atomic E-state index is 13.1. The topological polar surface area (TPSA) is 90.6 Å². The molecule has 0 unspecified atom stereocenters. The fraction of sp³-hybridized carbons (Fsp3) is 0.100. The Morgan fingerprint density at radius 2 is 1.86 bits per heavy atom. The number of para-hydroxylation sites is 1. The van der Waals surface area contributed by atoms with Gasteiger partial charge < -0.3 is 14.8 Å². The molecule has 0 aliphatic rings. The molecular formula is C20H17N5O3. The average Bonchev–Trinajstić information content (AvgIpc) is 3.22. The number of nitrogens with one attached hydrogen (secondary N) is 1. The molecule has 0 aliphatic carbocycles. The molecule has 4 rings (SSSR count). The lowest BCUT2D eigenvalue weighted by Crippen LogP contribution is -2.18. The summed E-state index contributed by atoms with van der Waals surface area (Å²) in [6.45, 7) is 0. The van der Waals surface area contributed by atoms with E-state index in [-0.39, 0.29) is 5.91 Å². The van der Waals surface area contributed by atoms with E-state index in [0.29, 0.717) is 34.4 Å². The summed E-state index contributed by atoms with van der Waals surface area (Å²) in [5.74, 6) is 0.919. The first kappa shape index (κ1) is 17.5. The monoisotopic (exact) mass is 375 g/mol. The summed E-state index contributed by atoms with van der Waals surface area (Å²) in [4.78, 5) is 21.7. The molecule has 2 aromatic carbocycles. The Bertz CT molecular complexity index is 1140. The highest BCUT2D eigenvalue weighted by atomic mass is 16.5. The molecule has 140 valence electrons. The third-order valence-corrected chi connectivity index (χ3v) is 4.21. The first-order valence-electron chi connectivity index (χ1n) is 8.50. The molecule has 2 aromatic heterocycles. The second-order valence-electron chi connectivity index (χ2n) is 5.86. The number of methoxy groups -OCH3 is 2. The molecule has 0 saturated heterocycles. The smallest absolute Gasteiger partial charge is 0.274 e. The number of anilines is 1. The minimum absolute atomic E-state index is 0.297. The predicted octanol–water partition coefficient (Wildman–Crippen LogP) is 3.06. The van der Waals surface area contributed by atoms with E-state index in [1.54, 1.807) is 24.3 Å². The van der Waals surface area contributed by atoms with E-state index >= 15 is 0 Å². The molecule has 28 heavy (non-hydrogen) atoms. The first-order valence-corrected chi connectivity index (χ1v) is 8.50. The van der Waals surface area contributed by atoms with E-state index in [9.17, 15) is 4.79 Å². The van der Waals surface area contributed by atoms with Gasteiger partial charge in [0.1, 0.15) is 12.0 Å². The molecule has 0 atom stereocenters. The summed E-state index contributed by atoms with van der Waals surface area (Å²) in [5.41, 5.74) is 2.29. The number of rotatable bonds is 5. The Kier molecular flexibility index (Phi) is 4.59. The zero-order valence-electron chi connectivity index (χ0n) is 15.3. The summed E-state index contributed by atoms with van der Waals surface area (Å²) in [6, 6.07) is 16.5. The van der Waals surface area contributed by atoms with Gasteiger partial charge in [0, 0.05) is 5.56 Å². The van der Waals surface area contributed by atoms with Crippen LogP contribution in [0.1, 0.15) is 10.5 Å². The number of nitrogens with zero attached hydrogens (tertiary/aromatic N) is 4. The van der Waals surface area contributed by atoms with Crippen LogP contribution in [-0.2, 0) is 0 Å². The van der Waals surface area contributed by atoms with Gasteiger partial charge in [0.25, 0.3) is 11.7 Å². The number of carbonyl (C=O) groups is 1. The summed E-state index contributed by atoms with van der Waals surface area (Å²) in [7, 11) is 3.06. The number of hydrogen-bond acceptors (Lipinski definition) is 6. The van der Waals surface area contributed by atoms with Crippen LogP contribution in [0.2, 0.25) is 0 Å². The van der Waals surface area contributed by atoms with E-state index in [0.717, 1.165) is 5.56 Å². The van der Waals surface area contributed by atoms with Crippen LogP contribution in [-0.4, -0.2) is 39.7 Å². The molecule has 2 heterocycles. The van der Waals surface area contributed by atoms with Crippen molar-refractivity contribution < 1.29 is 14.3 Å². The van der Waals surface area contributed by atoms with Crippen molar-refractivity contribution in [3.05, 3.63) is 66.6 Å². The third kappa shape index (κ3) is 3.11. The largest absolute Gasteiger partial charge is 0.493 e. The maximum absolute atomic E-state index is 13.1. The minimum atomic E-state index is -0.373. The number of aromatic nitrogens is 4. The summed E-state index contributed by atoms with van der Waals surface area (Å²) in [5, 5.41) is 6.97. The second kappa shape index (κ2) is 7.36. The molecule has 8 nitrogen and oxygen atoms in total. The van der Waals surface area contributed by atoms with Crippen LogP contribution in [0.3, 0.4) is 0 Å². The number of benzene rings is 2. The molecule has 0 aliphatic heterocycles. The summed E-state index contributed by atoms with van der Waals surface area (Å²) >= 11 is 0. The highest BCUT2D eigenvalue weighted by Crippen LogP contribution is 2.35. The van der Waals surface area contributed by atoms with Crippen molar-refractivity contribution in [3.63, 3.8) is 0 Å². The highest BCUT2D eigenvalue weighted by molar-refractivity contribution is 6.05. The van der Waals surface area contributed by atoms with E-state index in [4.69, 9.17) is 9.47 Å². The van der Waals surface area contributed by atoms with Crippen LogP contribution in [0.4, 0.5) is 5.69 Å². The molecule has 1 amide bonds. The number of carbonyl (C=O) groups excluding carboxylic acids is 1. The lowest BCUT2D eigenvalue weighted by molar-refractivity contribution is 0.101. The van der Waals surface area contributed by atoms with Gasteiger partial charge in [-0.15, -0.1) is 0 Å². The highest BCUT2D eigenvalue weighted by Gasteiger charge is 2.18. The lowest BCUT2D eigenvalue weighted by Gasteiger charge is -2.14. The van der Waals surface area contributed by atoms with Gasteiger partial charge in [0.05, 0.1) is 25.6 Å². The van der Waals surface area contributed by atoms with Crippen molar-refractivity contribution in [1.82, 2.24) is 19.6 Å². The SMILES string of the molecule is COc1cccc(NC(=O)c2cc(-c3ccccc3)nc3ncnn23)c1OC.